The summed E-state index contributed by atoms with van der Waals surface area (Å²) in [6, 6.07) is 95.3. The predicted molar refractivity (Wildman–Crippen MR) is 312 cm³/mol. The van der Waals surface area contributed by atoms with Crippen LogP contribution in [0, 0.1) is 29.6 Å². The van der Waals surface area contributed by atoms with Gasteiger partial charge in [-0.15, -0.1) is 0 Å². The molecule has 2 aliphatic heterocycles. The molecule has 356 valence electrons. The van der Waals surface area contributed by atoms with Crippen LogP contribution in [0.1, 0.15) is 16.7 Å². The van der Waals surface area contributed by atoms with Gasteiger partial charge in [-0.1, -0.05) is 152 Å². The normalized spacial score (nSPS) is 11.8. The lowest BCUT2D eigenvalue weighted by molar-refractivity contribution is 0.488. The fourth-order valence-corrected chi connectivity index (χ4v) is 11.3. The minimum atomic E-state index is -0.210. The maximum absolute atomic E-state index is 10.6. The lowest BCUT2D eigenvalue weighted by Gasteiger charge is -2.41. The first kappa shape index (κ1) is 45.5. The van der Waals surface area contributed by atoms with E-state index in [2.05, 4.69) is 222 Å². The Morgan fingerprint density at radius 3 is 1.59 bits per heavy atom. The van der Waals surface area contributed by atoms with Crippen LogP contribution in [-0.4, -0.2) is 6.71 Å². The molecule has 0 amide bonds. The van der Waals surface area contributed by atoms with E-state index in [1.807, 2.05) is 72.8 Å². The van der Waals surface area contributed by atoms with Gasteiger partial charge in [0, 0.05) is 56.5 Å². The summed E-state index contributed by atoms with van der Waals surface area (Å²) in [6.45, 7) is 1.89. The van der Waals surface area contributed by atoms with Gasteiger partial charge in [-0.25, -0.2) is 0 Å². The van der Waals surface area contributed by atoms with Gasteiger partial charge < -0.3 is 19.4 Å². The number of hydrogen-bond donors (Lipinski definition) is 0. The van der Waals surface area contributed by atoms with Gasteiger partial charge in [0.05, 0.1) is 34.6 Å². The molecule has 0 N–H and O–H groups in total. The lowest BCUT2D eigenvalue weighted by Crippen LogP contribution is -2.59. The van der Waals surface area contributed by atoms with Crippen LogP contribution < -0.4 is 35.8 Å². The van der Waals surface area contributed by atoms with E-state index in [9.17, 15) is 10.5 Å². The fourth-order valence-electron chi connectivity index (χ4n) is 11.3. The van der Waals surface area contributed by atoms with Crippen molar-refractivity contribution in [3.63, 3.8) is 0 Å². The van der Waals surface area contributed by atoms with Crippen molar-refractivity contribution in [1.82, 2.24) is 0 Å². The zero-order valence-electron chi connectivity index (χ0n) is 41.5. The summed E-state index contributed by atoms with van der Waals surface area (Å²) in [5, 5.41) is 21.2. The molecule has 2 heterocycles. The second-order valence-corrected chi connectivity index (χ2v) is 19.1. The average molecular weight is 972 g/mol. The number of rotatable bonds is 10. The monoisotopic (exact) mass is 971 g/mol. The third-order valence-electron chi connectivity index (χ3n) is 14.6. The van der Waals surface area contributed by atoms with Crippen molar-refractivity contribution in [2.75, 3.05) is 14.7 Å². The molecule has 76 heavy (non-hydrogen) atoms. The minimum absolute atomic E-state index is 0.210. The highest BCUT2D eigenvalue weighted by Gasteiger charge is 2.42. The van der Waals surface area contributed by atoms with Crippen LogP contribution in [0.4, 0.5) is 51.2 Å². The molecular formula is C69H46BN5O. The predicted octanol–water partition coefficient (Wildman–Crippen LogP) is 16.1. The smallest absolute Gasteiger partial charge is 0.256 e. The number of aryl methyl sites for hydroxylation is 1. The molecule has 11 aromatic carbocycles. The van der Waals surface area contributed by atoms with Crippen LogP contribution >= 0.6 is 0 Å². The maximum Gasteiger partial charge on any atom is 0.256 e. The standard InChI is InChI=1S/C69H46BN5O/c1-47-40-48(45-71)41-60(69(47)74(55-26-13-5-14-27-55)56-28-15-6-16-29-56)50-35-38-61-65(42-50)75(63-31-18-17-30-58(63)49-20-7-2-8-21-49)64-32-19-33-66-68(64)70(61)62-39-36-51(43-67(62)76-66)59-44-57(37-34-52(59)46-72)73(53-22-9-3-10-23-53)54-24-11-4-12-25-54/h2-44H,1H3. The third-order valence-corrected chi connectivity index (χ3v) is 14.6. The largest absolute Gasteiger partial charge is 0.458 e. The SMILES string of the molecule is Cc1cc(C#N)cc(-c2ccc3c(c2)N(c2ccccc2-c2ccccc2)c2cccc4c2B3c2ccc(-c3cc(N(c5ccccc5)c5ccccc5)ccc3C#N)cc2O4)c1N(c1ccccc1)c1ccccc1. The number of ether oxygens (including phenoxy) is 1. The molecule has 0 saturated heterocycles. The van der Waals surface area contributed by atoms with Crippen LogP contribution in [0.15, 0.2) is 261 Å². The molecule has 7 heteroatoms. The zero-order chi connectivity index (χ0) is 51.1. The lowest BCUT2D eigenvalue weighted by atomic mass is 9.34. The van der Waals surface area contributed by atoms with Crippen LogP contribution in [0.25, 0.3) is 33.4 Å². The second-order valence-electron chi connectivity index (χ2n) is 19.1. The Balaban J connectivity index is 1.01. The summed E-state index contributed by atoms with van der Waals surface area (Å²) in [6.07, 6.45) is 0. The Kier molecular flexibility index (Phi) is 11.5. The summed E-state index contributed by atoms with van der Waals surface area (Å²) in [5.41, 5.74) is 20.2. The average Bonchev–Trinajstić information content (AvgIpc) is 3.49. The first-order chi connectivity index (χ1) is 37.5. The van der Waals surface area contributed by atoms with Crippen LogP contribution in [0.5, 0.6) is 11.5 Å². The molecule has 0 aromatic heterocycles. The topological polar surface area (TPSA) is 66.5 Å². The van der Waals surface area contributed by atoms with Gasteiger partial charge in [-0.2, -0.15) is 10.5 Å². The van der Waals surface area contributed by atoms with Gasteiger partial charge in [0.25, 0.3) is 6.71 Å². The molecule has 2 aliphatic rings. The number of nitriles is 2. The first-order valence-corrected chi connectivity index (χ1v) is 25.5. The van der Waals surface area contributed by atoms with E-state index in [1.54, 1.807) is 0 Å². The van der Waals surface area contributed by atoms with E-state index in [0.717, 1.165) is 118 Å². The summed E-state index contributed by atoms with van der Waals surface area (Å²) < 4.78 is 7.09. The molecule has 0 aliphatic carbocycles. The molecule has 11 aromatic rings. The molecule has 0 bridgehead atoms. The molecule has 13 rings (SSSR count). The van der Waals surface area contributed by atoms with Gasteiger partial charge in [-0.3, -0.25) is 0 Å². The number of fused-ring (bicyclic) bond motifs is 4. The molecule has 0 radical (unpaired) electrons. The second kappa shape index (κ2) is 19.3. The summed E-state index contributed by atoms with van der Waals surface area (Å²) >= 11 is 0. The van der Waals surface area contributed by atoms with E-state index in [4.69, 9.17) is 4.74 Å². The van der Waals surface area contributed by atoms with E-state index in [1.165, 1.54) is 0 Å². The fraction of sp³-hybridized carbons (Fsp3) is 0.0145. The highest BCUT2D eigenvalue weighted by Crippen LogP contribution is 2.49. The van der Waals surface area contributed by atoms with E-state index >= 15 is 0 Å². The maximum atomic E-state index is 10.6. The van der Waals surface area contributed by atoms with Crippen molar-refractivity contribution < 1.29 is 4.74 Å². The van der Waals surface area contributed by atoms with Crippen LogP contribution in [0.2, 0.25) is 0 Å². The van der Waals surface area contributed by atoms with Crippen molar-refractivity contribution >= 4 is 74.3 Å². The van der Waals surface area contributed by atoms with Gasteiger partial charge in [0.2, 0.25) is 0 Å². The number of para-hydroxylation sites is 5. The van der Waals surface area contributed by atoms with Gasteiger partial charge in [0.15, 0.2) is 0 Å². The zero-order valence-corrected chi connectivity index (χ0v) is 41.5. The van der Waals surface area contributed by atoms with E-state index in [0.29, 0.717) is 11.1 Å². The molecular weight excluding hydrogens is 926 g/mol. The summed E-state index contributed by atoms with van der Waals surface area (Å²) in [5.74, 6) is 1.51. The summed E-state index contributed by atoms with van der Waals surface area (Å²) in [4.78, 5) is 6.92. The number of anilines is 9. The van der Waals surface area contributed by atoms with Crippen LogP contribution in [-0.2, 0) is 0 Å². The van der Waals surface area contributed by atoms with Gasteiger partial charge >= 0.3 is 0 Å². The first-order valence-electron chi connectivity index (χ1n) is 25.5. The quantitative estimate of drug-likeness (QED) is 0.127. The number of hydrogen-bond acceptors (Lipinski definition) is 6. The van der Waals surface area contributed by atoms with Crippen molar-refractivity contribution in [3.8, 4) is 57.0 Å². The Hall–Kier alpha value is -10.3. The highest BCUT2D eigenvalue weighted by molar-refractivity contribution is 6.99. The number of benzene rings is 11. The van der Waals surface area contributed by atoms with E-state index < -0.39 is 0 Å². The molecule has 0 unspecified atom stereocenters. The molecule has 6 nitrogen and oxygen atoms in total. The van der Waals surface area contributed by atoms with Crippen molar-refractivity contribution in [3.05, 3.63) is 278 Å². The Morgan fingerprint density at radius 2 is 0.961 bits per heavy atom. The number of nitrogens with zero attached hydrogens (tertiary/aromatic N) is 5. The molecule has 0 atom stereocenters. The minimum Gasteiger partial charge on any atom is -0.458 e. The third kappa shape index (κ3) is 7.92. The Bertz CT molecular complexity index is 4000. The van der Waals surface area contributed by atoms with Gasteiger partial charge in [0.1, 0.15) is 11.5 Å². The Morgan fingerprint density at radius 1 is 0.395 bits per heavy atom. The molecule has 0 spiro atoms. The summed E-state index contributed by atoms with van der Waals surface area (Å²) in [7, 11) is 0. The molecule has 0 saturated carbocycles. The van der Waals surface area contributed by atoms with Crippen LogP contribution in [0.3, 0.4) is 0 Å². The highest BCUT2D eigenvalue weighted by atomic mass is 16.5. The van der Waals surface area contributed by atoms with Crippen molar-refractivity contribution in [2.24, 2.45) is 0 Å². The van der Waals surface area contributed by atoms with Crippen molar-refractivity contribution in [1.29, 1.82) is 10.5 Å². The van der Waals surface area contributed by atoms with Gasteiger partial charge in [-0.05, 0) is 155 Å². The Labute approximate surface area is 443 Å². The van der Waals surface area contributed by atoms with E-state index in [-0.39, 0.29) is 6.71 Å². The van der Waals surface area contributed by atoms with Crippen molar-refractivity contribution in [2.45, 2.75) is 6.92 Å². The molecule has 0 fully saturated rings.